The summed E-state index contributed by atoms with van der Waals surface area (Å²) in [5.74, 6) is -0.332. The Morgan fingerprint density at radius 2 is 2.28 bits per heavy atom. The van der Waals surface area contributed by atoms with Crippen molar-refractivity contribution in [3.8, 4) is 0 Å². The number of nitrogens with zero attached hydrogens (tertiary/aromatic N) is 2. The van der Waals surface area contributed by atoms with Gasteiger partial charge in [0.15, 0.2) is 0 Å². The monoisotopic (exact) mass is 285 g/mol. The van der Waals surface area contributed by atoms with Gasteiger partial charge in [0, 0.05) is 0 Å². The van der Waals surface area contributed by atoms with Crippen LogP contribution >= 0.6 is 23.3 Å². The SMILES string of the molecule is CC(C)OC(=O)CNc1c(Cl)ccc2nsnc12. The van der Waals surface area contributed by atoms with E-state index in [0.29, 0.717) is 16.2 Å². The van der Waals surface area contributed by atoms with Crippen molar-refractivity contribution in [1.29, 1.82) is 0 Å². The number of aromatic nitrogens is 2. The number of ether oxygens (including phenoxy) is 1. The van der Waals surface area contributed by atoms with E-state index < -0.39 is 0 Å². The summed E-state index contributed by atoms with van der Waals surface area (Å²) in [5.41, 5.74) is 2.04. The van der Waals surface area contributed by atoms with Crippen LogP contribution in [-0.2, 0) is 9.53 Å². The van der Waals surface area contributed by atoms with E-state index in [-0.39, 0.29) is 18.6 Å². The van der Waals surface area contributed by atoms with Gasteiger partial charge in [-0.2, -0.15) is 8.75 Å². The predicted octanol–water partition coefficient (Wildman–Crippen LogP) is 2.71. The second-order valence-corrected chi connectivity index (χ2v) is 4.88. The van der Waals surface area contributed by atoms with Crippen LogP contribution in [0.5, 0.6) is 0 Å². The van der Waals surface area contributed by atoms with Crippen molar-refractivity contribution in [2.24, 2.45) is 0 Å². The summed E-state index contributed by atoms with van der Waals surface area (Å²) in [6.07, 6.45) is -0.133. The Bertz CT molecular complexity index is 570. The molecule has 2 aromatic rings. The van der Waals surface area contributed by atoms with Crippen molar-refractivity contribution in [2.75, 3.05) is 11.9 Å². The van der Waals surface area contributed by atoms with E-state index in [2.05, 4.69) is 14.1 Å². The number of hydrogen-bond donors (Lipinski definition) is 1. The molecule has 5 nitrogen and oxygen atoms in total. The van der Waals surface area contributed by atoms with Crippen molar-refractivity contribution in [3.05, 3.63) is 17.2 Å². The molecule has 0 aliphatic carbocycles. The van der Waals surface area contributed by atoms with E-state index in [1.807, 2.05) is 0 Å². The fourth-order valence-electron chi connectivity index (χ4n) is 1.46. The van der Waals surface area contributed by atoms with E-state index in [1.54, 1.807) is 26.0 Å². The molecule has 0 aliphatic heterocycles. The first-order valence-corrected chi connectivity index (χ1v) is 6.53. The van der Waals surface area contributed by atoms with Crippen LogP contribution in [0.1, 0.15) is 13.8 Å². The minimum atomic E-state index is -0.332. The summed E-state index contributed by atoms with van der Waals surface area (Å²) in [6.45, 7) is 3.65. The van der Waals surface area contributed by atoms with Gasteiger partial charge in [0.25, 0.3) is 0 Å². The number of carbonyl (C=O) groups excluding carboxylic acids is 1. The molecule has 1 aromatic carbocycles. The molecule has 1 aromatic heterocycles. The Morgan fingerprint density at radius 1 is 1.50 bits per heavy atom. The number of benzene rings is 1. The van der Waals surface area contributed by atoms with Gasteiger partial charge >= 0.3 is 5.97 Å². The van der Waals surface area contributed by atoms with E-state index in [9.17, 15) is 4.79 Å². The standard InChI is InChI=1S/C11H12ClN3O2S/c1-6(2)17-9(16)5-13-10-7(12)3-4-8-11(10)15-18-14-8/h3-4,6,13H,5H2,1-2H3. The van der Waals surface area contributed by atoms with Crippen LogP contribution in [0, 0.1) is 0 Å². The maximum absolute atomic E-state index is 11.5. The smallest absolute Gasteiger partial charge is 0.325 e. The number of rotatable bonds is 4. The number of halogens is 1. The summed E-state index contributed by atoms with van der Waals surface area (Å²) in [6, 6.07) is 3.51. The summed E-state index contributed by atoms with van der Waals surface area (Å²) >= 11 is 7.18. The van der Waals surface area contributed by atoms with Gasteiger partial charge < -0.3 is 10.1 Å². The molecule has 0 amide bonds. The third kappa shape index (κ3) is 2.88. The lowest BCUT2D eigenvalue weighted by molar-refractivity contribution is -0.145. The first kappa shape index (κ1) is 13.0. The molecular weight excluding hydrogens is 274 g/mol. The fraction of sp³-hybridized carbons (Fsp3) is 0.364. The Balaban J connectivity index is 2.14. The number of carbonyl (C=O) groups is 1. The average Bonchev–Trinajstić information content (AvgIpc) is 2.74. The first-order valence-electron chi connectivity index (χ1n) is 5.42. The highest BCUT2D eigenvalue weighted by molar-refractivity contribution is 7.00. The van der Waals surface area contributed by atoms with Crippen molar-refractivity contribution in [1.82, 2.24) is 8.75 Å². The third-order valence-corrected chi connectivity index (χ3v) is 3.01. The third-order valence-electron chi connectivity index (χ3n) is 2.15. The lowest BCUT2D eigenvalue weighted by atomic mass is 10.2. The van der Waals surface area contributed by atoms with Crippen LogP contribution in [0.4, 0.5) is 5.69 Å². The van der Waals surface area contributed by atoms with Crippen LogP contribution in [-0.4, -0.2) is 27.4 Å². The van der Waals surface area contributed by atoms with E-state index in [4.69, 9.17) is 16.3 Å². The predicted molar refractivity (Wildman–Crippen MR) is 72.1 cm³/mol. The molecule has 7 heteroatoms. The lowest BCUT2D eigenvalue weighted by Gasteiger charge is -2.10. The van der Waals surface area contributed by atoms with Crippen LogP contribution in [0.25, 0.3) is 11.0 Å². The minimum absolute atomic E-state index is 0.0501. The zero-order valence-corrected chi connectivity index (χ0v) is 11.5. The second kappa shape index (κ2) is 5.49. The number of hydrogen-bond acceptors (Lipinski definition) is 6. The number of anilines is 1. The molecule has 0 unspecified atom stereocenters. The molecule has 18 heavy (non-hydrogen) atoms. The topological polar surface area (TPSA) is 64.1 Å². The normalized spacial score (nSPS) is 10.9. The molecule has 2 rings (SSSR count). The molecule has 0 fully saturated rings. The summed E-state index contributed by atoms with van der Waals surface area (Å²) in [5, 5.41) is 3.45. The highest BCUT2D eigenvalue weighted by Crippen LogP contribution is 2.29. The molecule has 0 spiro atoms. The molecule has 1 heterocycles. The minimum Gasteiger partial charge on any atom is -0.462 e. The molecule has 0 aliphatic rings. The molecule has 96 valence electrons. The molecule has 1 N–H and O–H groups in total. The van der Waals surface area contributed by atoms with Crippen LogP contribution in [0.2, 0.25) is 5.02 Å². The van der Waals surface area contributed by atoms with Crippen molar-refractivity contribution in [2.45, 2.75) is 20.0 Å². The Kier molecular flexibility index (Phi) is 3.98. The second-order valence-electron chi connectivity index (χ2n) is 3.95. The molecule has 0 radical (unpaired) electrons. The number of fused-ring (bicyclic) bond motifs is 1. The van der Waals surface area contributed by atoms with Crippen molar-refractivity contribution >= 4 is 46.0 Å². The highest BCUT2D eigenvalue weighted by atomic mass is 35.5. The van der Waals surface area contributed by atoms with Gasteiger partial charge in [0.1, 0.15) is 17.6 Å². The Labute approximate surface area is 113 Å². The average molecular weight is 286 g/mol. The Hall–Kier alpha value is -1.40. The quantitative estimate of drug-likeness (QED) is 0.875. The summed E-state index contributed by atoms with van der Waals surface area (Å²) in [7, 11) is 0. The molecule has 0 bridgehead atoms. The van der Waals surface area contributed by atoms with Crippen LogP contribution in [0.15, 0.2) is 12.1 Å². The largest absolute Gasteiger partial charge is 0.462 e. The van der Waals surface area contributed by atoms with Gasteiger partial charge in [0.05, 0.1) is 28.5 Å². The molecule has 0 atom stereocenters. The molecule has 0 saturated heterocycles. The molecule has 0 saturated carbocycles. The maximum atomic E-state index is 11.5. The van der Waals surface area contributed by atoms with Crippen molar-refractivity contribution in [3.63, 3.8) is 0 Å². The summed E-state index contributed by atoms with van der Waals surface area (Å²) < 4.78 is 13.3. The van der Waals surface area contributed by atoms with E-state index >= 15 is 0 Å². The van der Waals surface area contributed by atoms with E-state index in [0.717, 1.165) is 17.2 Å². The maximum Gasteiger partial charge on any atom is 0.325 e. The van der Waals surface area contributed by atoms with Gasteiger partial charge in [-0.1, -0.05) is 11.6 Å². The Morgan fingerprint density at radius 3 is 3.00 bits per heavy atom. The van der Waals surface area contributed by atoms with Crippen molar-refractivity contribution < 1.29 is 9.53 Å². The van der Waals surface area contributed by atoms with Gasteiger partial charge in [-0.15, -0.1) is 0 Å². The number of nitrogens with one attached hydrogen (secondary N) is 1. The first-order chi connectivity index (χ1) is 8.58. The van der Waals surface area contributed by atoms with E-state index in [1.165, 1.54) is 0 Å². The zero-order chi connectivity index (χ0) is 13.1. The van der Waals surface area contributed by atoms with Gasteiger partial charge in [-0.25, -0.2) is 0 Å². The number of esters is 1. The van der Waals surface area contributed by atoms with Gasteiger partial charge in [0.2, 0.25) is 0 Å². The lowest BCUT2D eigenvalue weighted by Crippen LogP contribution is -2.20. The van der Waals surface area contributed by atoms with Gasteiger partial charge in [-0.3, -0.25) is 4.79 Å². The highest BCUT2D eigenvalue weighted by Gasteiger charge is 2.12. The van der Waals surface area contributed by atoms with Gasteiger partial charge in [-0.05, 0) is 26.0 Å². The van der Waals surface area contributed by atoms with Crippen LogP contribution in [0.3, 0.4) is 0 Å². The zero-order valence-electron chi connectivity index (χ0n) is 9.94. The fourth-order valence-corrected chi connectivity index (χ4v) is 2.22. The summed E-state index contributed by atoms with van der Waals surface area (Å²) in [4.78, 5) is 11.5. The van der Waals surface area contributed by atoms with Crippen LogP contribution < -0.4 is 5.32 Å². The molecular formula is C11H12ClN3O2S.